The van der Waals surface area contributed by atoms with E-state index in [4.69, 9.17) is 4.74 Å². The van der Waals surface area contributed by atoms with Crippen LogP contribution in [0, 0.1) is 0 Å². The van der Waals surface area contributed by atoms with Crippen LogP contribution in [0.4, 0.5) is 0 Å². The van der Waals surface area contributed by atoms with E-state index in [-0.39, 0.29) is 12.3 Å². The molecule has 1 aromatic heterocycles. The monoisotopic (exact) mass is 348 g/mol. The molecule has 0 saturated heterocycles. The summed E-state index contributed by atoms with van der Waals surface area (Å²) in [5.74, 6) is 0.472. The average molecular weight is 348 g/mol. The van der Waals surface area contributed by atoms with Gasteiger partial charge in [0.05, 0.1) is 6.42 Å². The number of nitrogens with one attached hydrogen (secondary N) is 1. The molecule has 0 aliphatic rings. The van der Waals surface area contributed by atoms with Crippen LogP contribution in [-0.4, -0.2) is 10.9 Å². The van der Waals surface area contributed by atoms with Crippen molar-refractivity contribution in [2.45, 2.75) is 26.5 Å². The highest BCUT2D eigenvalue weighted by molar-refractivity contribution is 5.79. The van der Waals surface area contributed by atoms with Crippen LogP contribution in [0.25, 0.3) is 0 Å². The number of benzene rings is 1. The summed E-state index contributed by atoms with van der Waals surface area (Å²) in [6.45, 7) is 10.3. The third-order valence-corrected chi connectivity index (χ3v) is 3.93. The molecule has 1 heterocycles. The zero-order valence-corrected chi connectivity index (χ0v) is 15.1. The Hall–Kier alpha value is -3.14. The van der Waals surface area contributed by atoms with E-state index in [0.717, 1.165) is 22.3 Å². The number of allylic oxidation sites excluding steroid dienone is 3. The highest BCUT2D eigenvalue weighted by atomic mass is 16.5. The summed E-state index contributed by atoms with van der Waals surface area (Å²) in [7, 11) is 0. The highest BCUT2D eigenvalue weighted by Gasteiger charge is 2.06. The van der Waals surface area contributed by atoms with Gasteiger partial charge in [-0.2, -0.15) is 0 Å². The first kappa shape index (κ1) is 19.2. The topological polar surface area (TPSA) is 51.2 Å². The Labute approximate surface area is 154 Å². The Kier molecular flexibility index (Phi) is 7.37. The fourth-order valence-corrected chi connectivity index (χ4v) is 2.31. The van der Waals surface area contributed by atoms with Gasteiger partial charge in [-0.1, -0.05) is 55.6 Å². The summed E-state index contributed by atoms with van der Waals surface area (Å²) in [5, 5.41) is 2.91. The summed E-state index contributed by atoms with van der Waals surface area (Å²) in [4.78, 5) is 16.3. The van der Waals surface area contributed by atoms with E-state index < -0.39 is 0 Å². The average Bonchev–Trinajstić information content (AvgIpc) is 2.69. The minimum absolute atomic E-state index is 0.0651. The molecular weight excluding hydrogens is 324 g/mol. The minimum atomic E-state index is -0.0651. The first-order valence-corrected chi connectivity index (χ1v) is 8.45. The second kappa shape index (κ2) is 9.99. The number of carbonyl (C=O) groups excluding carboxylic acids is 1. The van der Waals surface area contributed by atoms with E-state index in [1.807, 2.05) is 49.4 Å². The number of carbonyl (C=O) groups is 1. The van der Waals surface area contributed by atoms with Crippen LogP contribution in [0.3, 0.4) is 0 Å². The van der Waals surface area contributed by atoms with E-state index in [1.54, 1.807) is 18.3 Å². The van der Waals surface area contributed by atoms with Crippen LogP contribution < -0.4 is 10.1 Å². The predicted molar refractivity (Wildman–Crippen MR) is 105 cm³/mol. The number of pyridine rings is 1. The number of aromatic nitrogens is 1. The van der Waals surface area contributed by atoms with Crippen molar-refractivity contribution in [1.82, 2.24) is 10.3 Å². The summed E-state index contributed by atoms with van der Waals surface area (Å²) >= 11 is 0. The summed E-state index contributed by atoms with van der Waals surface area (Å²) < 4.78 is 5.71. The normalized spacial score (nSPS) is 11.3. The Morgan fingerprint density at radius 3 is 2.62 bits per heavy atom. The van der Waals surface area contributed by atoms with E-state index in [2.05, 4.69) is 23.5 Å². The van der Waals surface area contributed by atoms with Crippen LogP contribution in [0.15, 0.2) is 85.1 Å². The Morgan fingerprint density at radius 2 is 1.92 bits per heavy atom. The summed E-state index contributed by atoms with van der Waals surface area (Å²) in [5.41, 5.74) is 3.84. The van der Waals surface area contributed by atoms with Crippen LogP contribution >= 0.6 is 0 Å². The van der Waals surface area contributed by atoms with Gasteiger partial charge in [-0.25, -0.2) is 4.98 Å². The quantitative estimate of drug-likeness (QED) is 0.685. The van der Waals surface area contributed by atoms with Gasteiger partial charge in [-0.15, -0.1) is 0 Å². The number of hydrogen-bond donors (Lipinski definition) is 1. The number of nitrogens with zero attached hydrogens (tertiary/aromatic N) is 1. The van der Waals surface area contributed by atoms with Gasteiger partial charge >= 0.3 is 0 Å². The van der Waals surface area contributed by atoms with Crippen molar-refractivity contribution in [3.8, 4) is 5.88 Å². The van der Waals surface area contributed by atoms with Gasteiger partial charge in [0.25, 0.3) is 0 Å². The second-order valence-corrected chi connectivity index (χ2v) is 5.85. The molecule has 1 aromatic carbocycles. The fraction of sp³-hybridized carbons (Fsp3) is 0.182. The van der Waals surface area contributed by atoms with Crippen LogP contribution in [0.2, 0.25) is 0 Å². The predicted octanol–water partition coefficient (Wildman–Crippen LogP) is 4.36. The van der Waals surface area contributed by atoms with Gasteiger partial charge in [-0.3, -0.25) is 4.79 Å². The molecule has 4 nitrogen and oxygen atoms in total. The standard InChI is InChI=1S/C22H24N2O2/c1-4-17(3)20(5-2)14-21(25)24-15-19-11-12-23-22(13-19)26-16-18-9-7-6-8-10-18/h4-13H,1-2,14-16H2,3H3,(H,24,25)/b20-17+. The molecule has 0 bridgehead atoms. The van der Waals surface area contributed by atoms with Crippen molar-refractivity contribution in [2.75, 3.05) is 0 Å². The molecule has 134 valence electrons. The van der Waals surface area contributed by atoms with Crippen molar-refractivity contribution in [2.24, 2.45) is 0 Å². The van der Waals surface area contributed by atoms with Gasteiger partial charge in [-0.05, 0) is 35.3 Å². The molecule has 0 unspecified atom stereocenters. The first-order chi connectivity index (χ1) is 12.6. The molecule has 2 rings (SSSR count). The zero-order valence-electron chi connectivity index (χ0n) is 15.1. The fourth-order valence-electron chi connectivity index (χ4n) is 2.31. The van der Waals surface area contributed by atoms with Crippen molar-refractivity contribution in [3.63, 3.8) is 0 Å². The molecule has 0 atom stereocenters. The third-order valence-electron chi connectivity index (χ3n) is 3.93. The van der Waals surface area contributed by atoms with Crippen LogP contribution in [0.1, 0.15) is 24.5 Å². The van der Waals surface area contributed by atoms with Crippen LogP contribution in [-0.2, 0) is 17.9 Å². The molecule has 0 radical (unpaired) electrons. The lowest BCUT2D eigenvalue weighted by molar-refractivity contribution is -0.120. The molecule has 0 fully saturated rings. The van der Waals surface area contributed by atoms with Gasteiger partial charge < -0.3 is 10.1 Å². The van der Waals surface area contributed by atoms with Crippen molar-refractivity contribution in [3.05, 3.63) is 96.2 Å². The molecular formula is C22H24N2O2. The third kappa shape index (κ3) is 6.06. The lowest BCUT2D eigenvalue weighted by Crippen LogP contribution is -2.23. The molecule has 1 amide bonds. The SMILES string of the molecule is C=C/C(C)=C(\C=C)CC(=O)NCc1ccnc(OCc2ccccc2)c1. The highest BCUT2D eigenvalue weighted by Crippen LogP contribution is 2.13. The largest absolute Gasteiger partial charge is 0.473 e. The summed E-state index contributed by atoms with van der Waals surface area (Å²) in [6, 6.07) is 13.6. The molecule has 1 N–H and O–H groups in total. The molecule has 4 heteroatoms. The molecule has 0 saturated carbocycles. The van der Waals surface area contributed by atoms with E-state index >= 15 is 0 Å². The lowest BCUT2D eigenvalue weighted by Gasteiger charge is -2.09. The first-order valence-electron chi connectivity index (χ1n) is 8.45. The number of ether oxygens (including phenoxy) is 1. The van der Waals surface area contributed by atoms with Crippen molar-refractivity contribution in [1.29, 1.82) is 0 Å². The van der Waals surface area contributed by atoms with Crippen molar-refractivity contribution < 1.29 is 9.53 Å². The van der Waals surface area contributed by atoms with Gasteiger partial charge in [0.15, 0.2) is 0 Å². The van der Waals surface area contributed by atoms with Crippen LogP contribution in [0.5, 0.6) is 5.88 Å². The maximum atomic E-state index is 12.1. The Balaban J connectivity index is 1.89. The van der Waals surface area contributed by atoms with E-state index in [0.29, 0.717) is 19.0 Å². The summed E-state index contributed by atoms with van der Waals surface area (Å²) in [6.07, 6.45) is 5.38. The number of amides is 1. The van der Waals surface area contributed by atoms with Gasteiger partial charge in [0, 0.05) is 18.8 Å². The van der Waals surface area contributed by atoms with Gasteiger partial charge in [0.2, 0.25) is 11.8 Å². The zero-order chi connectivity index (χ0) is 18.8. The minimum Gasteiger partial charge on any atom is -0.473 e. The molecule has 0 aliphatic heterocycles. The molecule has 0 spiro atoms. The maximum absolute atomic E-state index is 12.1. The van der Waals surface area contributed by atoms with E-state index in [1.165, 1.54) is 0 Å². The molecule has 2 aromatic rings. The second-order valence-electron chi connectivity index (χ2n) is 5.85. The lowest BCUT2D eigenvalue weighted by atomic mass is 10.1. The molecule has 26 heavy (non-hydrogen) atoms. The Bertz CT molecular complexity index is 795. The molecule has 0 aliphatic carbocycles. The number of hydrogen-bond acceptors (Lipinski definition) is 3. The van der Waals surface area contributed by atoms with Crippen molar-refractivity contribution >= 4 is 5.91 Å². The smallest absolute Gasteiger partial charge is 0.224 e. The maximum Gasteiger partial charge on any atom is 0.224 e. The van der Waals surface area contributed by atoms with Gasteiger partial charge in [0.1, 0.15) is 6.61 Å². The Morgan fingerprint density at radius 1 is 1.15 bits per heavy atom. The number of rotatable bonds is 9. The van der Waals surface area contributed by atoms with E-state index in [9.17, 15) is 4.79 Å².